The van der Waals surface area contributed by atoms with Gasteiger partial charge in [0.05, 0.1) is 15.9 Å². The van der Waals surface area contributed by atoms with E-state index in [2.05, 4.69) is 4.98 Å². The molecule has 1 heterocycles. The van der Waals surface area contributed by atoms with Crippen molar-refractivity contribution in [2.24, 2.45) is 0 Å². The van der Waals surface area contributed by atoms with E-state index in [4.69, 9.17) is 5.73 Å². The van der Waals surface area contributed by atoms with Gasteiger partial charge in [-0.1, -0.05) is 6.07 Å². The number of hydrogen-bond donors (Lipinski definition) is 2. The Morgan fingerprint density at radius 1 is 1.00 bits per heavy atom. The molecule has 0 spiro atoms. The molecule has 23 heavy (non-hydrogen) atoms. The van der Waals surface area contributed by atoms with Crippen LogP contribution in [-0.2, 0) is 10.0 Å². The fourth-order valence-electron chi connectivity index (χ4n) is 2.47. The van der Waals surface area contributed by atoms with Crippen LogP contribution in [0.25, 0.3) is 11.0 Å². The topological polar surface area (TPSA) is 98.0 Å². The van der Waals surface area contributed by atoms with E-state index in [0.29, 0.717) is 11.2 Å². The first kappa shape index (κ1) is 15.4. The van der Waals surface area contributed by atoms with E-state index < -0.39 is 15.7 Å². The van der Waals surface area contributed by atoms with Crippen molar-refractivity contribution in [3.8, 4) is 0 Å². The average Bonchev–Trinajstić information content (AvgIpc) is 2.78. The first-order valence-corrected chi connectivity index (χ1v) is 8.49. The van der Waals surface area contributed by atoms with E-state index >= 15 is 0 Å². The summed E-state index contributed by atoms with van der Waals surface area (Å²) in [5, 5.41) is 0. The standard InChI is InChI=1S/C16H17N3O3S/c1-9-4-5-12(6-10(9)2)23(21,22)19-15-8-13(17)11(3)7-14(15)18-16(19)20/h4-8H,17H2,1-3H3,(H,18,20). The van der Waals surface area contributed by atoms with Crippen molar-refractivity contribution < 1.29 is 8.42 Å². The van der Waals surface area contributed by atoms with E-state index in [1.165, 1.54) is 12.1 Å². The molecule has 2 aromatic carbocycles. The van der Waals surface area contributed by atoms with Gasteiger partial charge >= 0.3 is 5.69 Å². The lowest BCUT2D eigenvalue weighted by molar-refractivity contribution is 0.587. The molecule has 0 saturated carbocycles. The van der Waals surface area contributed by atoms with Gasteiger partial charge in [-0.25, -0.2) is 13.2 Å². The number of hydrogen-bond acceptors (Lipinski definition) is 4. The van der Waals surface area contributed by atoms with Crippen LogP contribution in [0.2, 0.25) is 0 Å². The molecule has 3 rings (SSSR count). The lowest BCUT2D eigenvalue weighted by atomic mass is 10.1. The van der Waals surface area contributed by atoms with Crippen LogP contribution >= 0.6 is 0 Å². The number of H-pyrrole nitrogens is 1. The number of nitrogen functional groups attached to an aromatic ring is 1. The molecule has 0 radical (unpaired) electrons. The van der Waals surface area contributed by atoms with Crippen molar-refractivity contribution in [3.63, 3.8) is 0 Å². The van der Waals surface area contributed by atoms with Gasteiger partial charge in [0, 0.05) is 5.69 Å². The van der Waals surface area contributed by atoms with Crippen LogP contribution in [0.3, 0.4) is 0 Å². The lowest BCUT2D eigenvalue weighted by Crippen LogP contribution is -2.25. The quantitative estimate of drug-likeness (QED) is 0.702. The van der Waals surface area contributed by atoms with Crippen LogP contribution in [0.5, 0.6) is 0 Å². The van der Waals surface area contributed by atoms with Gasteiger partial charge in [-0.2, -0.15) is 3.97 Å². The van der Waals surface area contributed by atoms with Crippen molar-refractivity contribution in [2.45, 2.75) is 25.7 Å². The Labute approximate surface area is 133 Å². The number of anilines is 1. The van der Waals surface area contributed by atoms with E-state index in [0.717, 1.165) is 20.7 Å². The number of imidazole rings is 1. The molecular formula is C16H17N3O3S. The summed E-state index contributed by atoms with van der Waals surface area (Å²) in [6.07, 6.45) is 0. The molecule has 0 bridgehead atoms. The summed E-state index contributed by atoms with van der Waals surface area (Å²) >= 11 is 0. The number of nitrogens with two attached hydrogens (primary N) is 1. The van der Waals surface area contributed by atoms with Gasteiger partial charge in [0.15, 0.2) is 0 Å². The van der Waals surface area contributed by atoms with Crippen molar-refractivity contribution in [3.05, 3.63) is 57.5 Å². The largest absolute Gasteiger partial charge is 0.398 e. The maximum atomic E-state index is 12.9. The maximum absolute atomic E-state index is 12.9. The second-order valence-electron chi connectivity index (χ2n) is 5.67. The second-order valence-corrected chi connectivity index (χ2v) is 7.46. The molecule has 1 aromatic heterocycles. The van der Waals surface area contributed by atoms with E-state index in [-0.39, 0.29) is 10.4 Å². The highest BCUT2D eigenvalue weighted by Crippen LogP contribution is 2.23. The number of benzene rings is 2. The van der Waals surface area contributed by atoms with Crippen LogP contribution in [0.15, 0.2) is 40.0 Å². The number of aromatic amines is 1. The molecule has 0 aliphatic heterocycles. The molecule has 0 atom stereocenters. The molecule has 0 amide bonds. The number of aryl methyl sites for hydroxylation is 3. The zero-order valence-corrected chi connectivity index (χ0v) is 13.9. The van der Waals surface area contributed by atoms with Gasteiger partial charge in [-0.15, -0.1) is 0 Å². The van der Waals surface area contributed by atoms with E-state index in [1.54, 1.807) is 25.1 Å². The highest BCUT2D eigenvalue weighted by Gasteiger charge is 2.23. The lowest BCUT2D eigenvalue weighted by Gasteiger charge is -2.09. The summed E-state index contributed by atoms with van der Waals surface area (Å²) < 4.78 is 26.5. The number of aromatic nitrogens is 2. The second kappa shape index (κ2) is 4.99. The Morgan fingerprint density at radius 2 is 1.70 bits per heavy atom. The minimum atomic E-state index is -4.00. The minimum Gasteiger partial charge on any atom is -0.398 e. The molecule has 120 valence electrons. The third-order valence-electron chi connectivity index (χ3n) is 4.05. The summed E-state index contributed by atoms with van der Waals surface area (Å²) in [5.74, 6) is 0. The van der Waals surface area contributed by atoms with Gasteiger partial charge in [0.25, 0.3) is 10.0 Å². The molecule has 7 heteroatoms. The molecule has 0 fully saturated rings. The van der Waals surface area contributed by atoms with Crippen molar-refractivity contribution >= 4 is 26.7 Å². The first-order valence-electron chi connectivity index (χ1n) is 7.05. The van der Waals surface area contributed by atoms with Crippen LogP contribution in [0.1, 0.15) is 16.7 Å². The normalized spacial score (nSPS) is 12.0. The molecule has 3 aromatic rings. The summed E-state index contributed by atoms with van der Waals surface area (Å²) in [6.45, 7) is 5.52. The SMILES string of the molecule is Cc1ccc(S(=O)(=O)n2c(=O)[nH]c3cc(C)c(N)cc32)cc1C. The molecule has 3 N–H and O–H groups in total. The van der Waals surface area contributed by atoms with E-state index in [9.17, 15) is 13.2 Å². The molecule has 0 aliphatic rings. The number of nitrogens with zero attached hydrogens (tertiary/aromatic N) is 1. The highest BCUT2D eigenvalue weighted by molar-refractivity contribution is 7.90. The zero-order chi connectivity index (χ0) is 16.9. The molecular weight excluding hydrogens is 314 g/mol. The average molecular weight is 331 g/mol. The van der Waals surface area contributed by atoms with Gasteiger partial charge in [0.2, 0.25) is 0 Å². The summed E-state index contributed by atoms with van der Waals surface area (Å²) in [5.41, 5.74) is 8.87. The third kappa shape index (κ3) is 2.33. The van der Waals surface area contributed by atoms with Crippen LogP contribution in [0, 0.1) is 20.8 Å². The summed E-state index contributed by atoms with van der Waals surface area (Å²) in [4.78, 5) is 14.9. The van der Waals surface area contributed by atoms with Gasteiger partial charge in [-0.05, 0) is 61.7 Å². The Hall–Kier alpha value is -2.54. The van der Waals surface area contributed by atoms with Crippen LogP contribution in [0.4, 0.5) is 5.69 Å². The maximum Gasteiger partial charge on any atom is 0.340 e. The number of rotatable bonds is 2. The molecule has 6 nitrogen and oxygen atoms in total. The Kier molecular flexibility index (Phi) is 3.33. The van der Waals surface area contributed by atoms with Crippen molar-refractivity contribution in [1.29, 1.82) is 0 Å². The van der Waals surface area contributed by atoms with Gasteiger partial charge < -0.3 is 10.7 Å². The fraction of sp³-hybridized carbons (Fsp3) is 0.188. The highest BCUT2D eigenvalue weighted by atomic mass is 32.2. The minimum absolute atomic E-state index is 0.0720. The summed E-state index contributed by atoms with van der Waals surface area (Å²) in [7, 11) is -4.00. The predicted molar refractivity (Wildman–Crippen MR) is 90.2 cm³/mol. The number of fused-ring (bicyclic) bond motifs is 1. The fourth-order valence-corrected chi connectivity index (χ4v) is 3.93. The first-order chi connectivity index (χ1) is 10.7. The predicted octanol–water partition coefficient (Wildman–Crippen LogP) is 2.07. The van der Waals surface area contributed by atoms with Crippen molar-refractivity contribution in [2.75, 3.05) is 5.73 Å². The molecule has 0 aliphatic carbocycles. The van der Waals surface area contributed by atoms with Crippen LogP contribution < -0.4 is 11.4 Å². The third-order valence-corrected chi connectivity index (χ3v) is 5.74. The van der Waals surface area contributed by atoms with Gasteiger partial charge in [0.1, 0.15) is 0 Å². The van der Waals surface area contributed by atoms with Crippen molar-refractivity contribution in [1.82, 2.24) is 8.96 Å². The molecule has 0 unspecified atom stereocenters. The summed E-state index contributed by atoms with van der Waals surface area (Å²) in [6, 6.07) is 7.95. The Balaban J connectivity index is 2.34. The van der Waals surface area contributed by atoms with Gasteiger partial charge in [-0.3, -0.25) is 0 Å². The molecule has 0 saturated heterocycles. The smallest absolute Gasteiger partial charge is 0.340 e. The number of nitrogens with one attached hydrogen (secondary N) is 1. The Bertz CT molecular complexity index is 1090. The van der Waals surface area contributed by atoms with E-state index in [1.807, 2.05) is 13.8 Å². The Morgan fingerprint density at radius 3 is 2.35 bits per heavy atom. The van der Waals surface area contributed by atoms with Crippen LogP contribution in [-0.4, -0.2) is 17.4 Å². The zero-order valence-electron chi connectivity index (χ0n) is 13.0. The monoisotopic (exact) mass is 331 g/mol.